The summed E-state index contributed by atoms with van der Waals surface area (Å²) in [6.07, 6.45) is 2.94. The first-order chi connectivity index (χ1) is 8.02. The number of piperidine rings is 1. The van der Waals surface area contributed by atoms with Crippen LogP contribution >= 0.6 is 0 Å². The maximum absolute atomic E-state index is 10.8. The number of nitrogens with one attached hydrogen (secondary N) is 1. The molecular formula is C13H27N3O. The van der Waals surface area contributed by atoms with Crippen molar-refractivity contribution in [1.82, 2.24) is 10.2 Å². The molecule has 1 saturated heterocycles. The molecule has 1 rings (SSSR count). The number of amides is 1. The van der Waals surface area contributed by atoms with Crippen molar-refractivity contribution in [3.8, 4) is 0 Å². The summed E-state index contributed by atoms with van der Waals surface area (Å²) in [7, 11) is 0. The van der Waals surface area contributed by atoms with Crippen LogP contribution in [-0.2, 0) is 4.79 Å². The van der Waals surface area contributed by atoms with Gasteiger partial charge in [-0.2, -0.15) is 0 Å². The molecular weight excluding hydrogens is 214 g/mol. The summed E-state index contributed by atoms with van der Waals surface area (Å²) in [4.78, 5) is 13.3. The maximum Gasteiger partial charge on any atom is 0.218 e. The summed E-state index contributed by atoms with van der Waals surface area (Å²) in [5, 5.41) is 3.49. The molecule has 0 radical (unpaired) electrons. The lowest BCUT2D eigenvalue weighted by Crippen LogP contribution is -2.45. The van der Waals surface area contributed by atoms with Crippen LogP contribution in [0.25, 0.3) is 0 Å². The average Bonchev–Trinajstić information content (AvgIpc) is 2.28. The highest BCUT2D eigenvalue weighted by Gasteiger charge is 2.24. The first-order valence-electron chi connectivity index (χ1n) is 6.79. The Kier molecular flexibility index (Phi) is 5.92. The summed E-state index contributed by atoms with van der Waals surface area (Å²) in [6, 6.07) is 0.662. The number of carbonyl (C=O) groups is 1. The third kappa shape index (κ3) is 5.04. The summed E-state index contributed by atoms with van der Waals surface area (Å²) < 4.78 is 0. The zero-order chi connectivity index (χ0) is 12.8. The van der Waals surface area contributed by atoms with E-state index in [0.29, 0.717) is 12.5 Å². The molecule has 1 fully saturated rings. The molecule has 0 bridgehead atoms. The molecule has 1 amide bonds. The van der Waals surface area contributed by atoms with Gasteiger partial charge in [-0.25, -0.2) is 0 Å². The number of nitrogens with zero attached hydrogens (tertiary/aromatic N) is 1. The monoisotopic (exact) mass is 241 g/mol. The van der Waals surface area contributed by atoms with Crippen molar-refractivity contribution in [3.05, 3.63) is 0 Å². The Balaban J connectivity index is 2.28. The lowest BCUT2D eigenvalue weighted by molar-refractivity contribution is -0.118. The van der Waals surface area contributed by atoms with Gasteiger partial charge in [0.15, 0.2) is 0 Å². The Morgan fingerprint density at radius 2 is 2.00 bits per heavy atom. The van der Waals surface area contributed by atoms with Gasteiger partial charge in [0.1, 0.15) is 0 Å². The molecule has 1 aliphatic rings. The second-order valence-electron chi connectivity index (χ2n) is 5.30. The molecule has 2 unspecified atom stereocenters. The number of hydrogen-bond acceptors (Lipinski definition) is 3. The quantitative estimate of drug-likeness (QED) is 0.728. The number of primary amides is 1. The molecule has 1 heterocycles. The number of likely N-dealkylation sites (tertiary alicyclic amines) is 1. The topological polar surface area (TPSA) is 58.4 Å². The molecule has 0 spiro atoms. The van der Waals surface area contributed by atoms with E-state index in [9.17, 15) is 4.79 Å². The predicted molar refractivity (Wildman–Crippen MR) is 70.7 cm³/mol. The van der Waals surface area contributed by atoms with Crippen molar-refractivity contribution in [3.63, 3.8) is 0 Å². The van der Waals surface area contributed by atoms with Gasteiger partial charge in [0.2, 0.25) is 5.91 Å². The van der Waals surface area contributed by atoms with Gasteiger partial charge in [-0.05, 0) is 52.2 Å². The Morgan fingerprint density at radius 1 is 1.41 bits per heavy atom. The van der Waals surface area contributed by atoms with Crippen LogP contribution in [0.5, 0.6) is 0 Å². The smallest absolute Gasteiger partial charge is 0.218 e. The van der Waals surface area contributed by atoms with Crippen LogP contribution in [0.15, 0.2) is 0 Å². The molecule has 2 atom stereocenters. The molecule has 0 aromatic heterocycles. The SMILES string of the molecule is CCN1CCC(C(C)NC(C)CC(N)=O)CC1. The minimum Gasteiger partial charge on any atom is -0.370 e. The van der Waals surface area contributed by atoms with Gasteiger partial charge in [-0.15, -0.1) is 0 Å². The van der Waals surface area contributed by atoms with Crippen LogP contribution in [0.1, 0.15) is 40.0 Å². The Hall–Kier alpha value is -0.610. The van der Waals surface area contributed by atoms with E-state index in [4.69, 9.17) is 5.73 Å². The van der Waals surface area contributed by atoms with Crippen molar-refractivity contribution in [2.75, 3.05) is 19.6 Å². The largest absolute Gasteiger partial charge is 0.370 e. The van der Waals surface area contributed by atoms with Crippen LogP contribution in [0.4, 0.5) is 0 Å². The Labute approximate surface area is 105 Å². The molecule has 100 valence electrons. The van der Waals surface area contributed by atoms with Crippen molar-refractivity contribution in [2.24, 2.45) is 11.7 Å². The predicted octanol–water partition coefficient (Wildman–Crippen LogP) is 0.960. The third-order valence-electron chi connectivity index (χ3n) is 3.84. The van der Waals surface area contributed by atoms with E-state index in [-0.39, 0.29) is 11.9 Å². The number of carbonyl (C=O) groups excluding carboxylic acids is 1. The lowest BCUT2D eigenvalue weighted by Gasteiger charge is -2.35. The van der Waals surface area contributed by atoms with Gasteiger partial charge in [-0.1, -0.05) is 6.92 Å². The van der Waals surface area contributed by atoms with E-state index in [1.807, 2.05) is 6.92 Å². The van der Waals surface area contributed by atoms with Crippen LogP contribution in [0, 0.1) is 5.92 Å². The molecule has 0 aromatic carbocycles. The van der Waals surface area contributed by atoms with Crippen LogP contribution in [-0.4, -0.2) is 42.5 Å². The third-order valence-corrected chi connectivity index (χ3v) is 3.84. The molecule has 17 heavy (non-hydrogen) atoms. The number of rotatable bonds is 6. The first-order valence-corrected chi connectivity index (χ1v) is 6.79. The minimum absolute atomic E-state index is 0.187. The van der Waals surface area contributed by atoms with Crippen LogP contribution in [0.2, 0.25) is 0 Å². The van der Waals surface area contributed by atoms with Gasteiger partial charge in [0, 0.05) is 18.5 Å². The zero-order valence-electron chi connectivity index (χ0n) is 11.4. The van der Waals surface area contributed by atoms with Crippen LogP contribution < -0.4 is 11.1 Å². The lowest BCUT2D eigenvalue weighted by atomic mass is 9.90. The van der Waals surface area contributed by atoms with E-state index >= 15 is 0 Å². The molecule has 0 aromatic rings. The van der Waals surface area contributed by atoms with E-state index < -0.39 is 0 Å². The van der Waals surface area contributed by atoms with E-state index in [1.165, 1.54) is 25.9 Å². The Bertz CT molecular complexity index is 237. The van der Waals surface area contributed by atoms with E-state index in [0.717, 1.165) is 12.5 Å². The Morgan fingerprint density at radius 3 is 2.47 bits per heavy atom. The van der Waals surface area contributed by atoms with Crippen molar-refractivity contribution in [1.29, 1.82) is 0 Å². The van der Waals surface area contributed by atoms with Crippen molar-refractivity contribution in [2.45, 2.75) is 52.1 Å². The second kappa shape index (κ2) is 6.97. The zero-order valence-corrected chi connectivity index (χ0v) is 11.4. The fraction of sp³-hybridized carbons (Fsp3) is 0.923. The molecule has 0 saturated carbocycles. The number of nitrogens with two attached hydrogens (primary N) is 1. The highest BCUT2D eigenvalue weighted by atomic mass is 16.1. The fourth-order valence-corrected chi connectivity index (χ4v) is 2.71. The number of hydrogen-bond donors (Lipinski definition) is 2. The highest BCUT2D eigenvalue weighted by Crippen LogP contribution is 2.20. The standard InChI is InChI=1S/C13H27N3O/c1-4-16-7-5-12(6-8-16)11(3)15-10(2)9-13(14)17/h10-12,15H,4-9H2,1-3H3,(H2,14,17). The summed E-state index contributed by atoms with van der Waals surface area (Å²) >= 11 is 0. The molecule has 3 N–H and O–H groups in total. The summed E-state index contributed by atoms with van der Waals surface area (Å²) in [5.41, 5.74) is 5.20. The minimum atomic E-state index is -0.224. The van der Waals surface area contributed by atoms with Gasteiger partial charge >= 0.3 is 0 Å². The normalized spacial score (nSPS) is 22.3. The second-order valence-corrected chi connectivity index (χ2v) is 5.30. The average molecular weight is 241 g/mol. The van der Waals surface area contributed by atoms with Gasteiger partial charge in [0.25, 0.3) is 0 Å². The van der Waals surface area contributed by atoms with Gasteiger partial charge in [0.05, 0.1) is 0 Å². The molecule has 4 nitrogen and oxygen atoms in total. The molecule has 0 aliphatic carbocycles. The fourth-order valence-electron chi connectivity index (χ4n) is 2.71. The highest BCUT2D eigenvalue weighted by molar-refractivity contribution is 5.74. The van der Waals surface area contributed by atoms with Crippen molar-refractivity contribution >= 4 is 5.91 Å². The van der Waals surface area contributed by atoms with Crippen molar-refractivity contribution < 1.29 is 4.79 Å². The summed E-state index contributed by atoms with van der Waals surface area (Å²) in [6.45, 7) is 10.0. The maximum atomic E-state index is 10.8. The molecule has 1 aliphatic heterocycles. The summed E-state index contributed by atoms with van der Waals surface area (Å²) in [5.74, 6) is 0.506. The van der Waals surface area contributed by atoms with E-state index in [2.05, 4.69) is 24.1 Å². The van der Waals surface area contributed by atoms with E-state index in [1.54, 1.807) is 0 Å². The first kappa shape index (κ1) is 14.5. The van der Waals surface area contributed by atoms with Gasteiger partial charge in [-0.3, -0.25) is 4.79 Å². The van der Waals surface area contributed by atoms with Crippen LogP contribution in [0.3, 0.4) is 0 Å². The molecule has 4 heteroatoms. The van der Waals surface area contributed by atoms with Gasteiger partial charge < -0.3 is 16.0 Å².